The third-order valence-electron chi connectivity index (χ3n) is 3.33. The summed E-state index contributed by atoms with van der Waals surface area (Å²) in [5.41, 5.74) is 1.12. The van der Waals surface area contributed by atoms with Gasteiger partial charge >= 0.3 is 0 Å². The van der Waals surface area contributed by atoms with Gasteiger partial charge in [0.25, 0.3) is 0 Å². The maximum Gasteiger partial charge on any atom is 0.225 e. The van der Waals surface area contributed by atoms with Crippen LogP contribution in [0.3, 0.4) is 0 Å². The number of rotatable bonds is 4. The summed E-state index contributed by atoms with van der Waals surface area (Å²) < 4.78 is 4.93. The van der Waals surface area contributed by atoms with Gasteiger partial charge in [0, 0.05) is 44.0 Å². The Balaban J connectivity index is 1.87. The molecule has 1 saturated heterocycles. The molecule has 0 bridgehead atoms. The number of hydrogen-bond acceptors (Lipinski definition) is 3. The molecule has 1 aliphatic heterocycles. The van der Waals surface area contributed by atoms with Gasteiger partial charge < -0.3 is 14.5 Å². The lowest BCUT2D eigenvalue weighted by molar-refractivity contribution is -0.132. The predicted molar refractivity (Wildman–Crippen MR) is 76.7 cm³/mol. The molecule has 0 saturated carbocycles. The first-order chi connectivity index (χ1) is 9.20. The van der Waals surface area contributed by atoms with Crippen molar-refractivity contribution in [2.75, 3.05) is 44.8 Å². The largest absolute Gasteiger partial charge is 0.384 e. The zero-order chi connectivity index (χ0) is 13.7. The molecule has 0 aromatic heterocycles. The summed E-state index contributed by atoms with van der Waals surface area (Å²) in [6.07, 6.45) is 0.466. The van der Waals surface area contributed by atoms with E-state index in [1.54, 1.807) is 7.11 Å². The molecule has 104 valence electrons. The van der Waals surface area contributed by atoms with Crippen LogP contribution in [0.25, 0.3) is 0 Å². The van der Waals surface area contributed by atoms with Crippen molar-refractivity contribution in [3.05, 3.63) is 29.3 Å². The number of halogens is 1. The van der Waals surface area contributed by atoms with E-state index in [1.165, 1.54) is 0 Å². The molecule has 4 nitrogen and oxygen atoms in total. The number of piperazine rings is 1. The SMILES string of the molecule is COCCC(=O)N1CCN(c2cccc(Cl)c2)CC1. The zero-order valence-electron chi connectivity index (χ0n) is 11.1. The highest BCUT2D eigenvalue weighted by Gasteiger charge is 2.20. The lowest BCUT2D eigenvalue weighted by Crippen LogP contribution is -2.49. The number of carbonyl (C=O) groups is 1. The molecule has 5 heteroatoms. The van der Waals surface area contributed by atoms with Gasteiger partial charge in [0.1, 0.15) is 0 Å². The fourth-order valence-electron chi connectivity index (χ4n) is 2.23. The van der Waals surface area contributed by atoms with Crippen molar-refractivity contribution in [2.24, 2.45) is 0 Å². The average Bonchev–Trinajstić information content (AvgIpc) is 2.45. The van der Waals surface area contributed by atoms with Gasteiger partial charge in [0.2, 0.25) is 5.91 Å². The van der Waals surface area contributed by atoms with E-state index in [4.69, 9.17) is 16.3 Å². The normalized spacial score (nSPS) is 15.7. The highest BCUT2D eigenvalue weighted by molar-refractivity contribution is 6.30. The molecule has 1 aromatic rings. The van der Waals surface area contributed by atoms with Crippen LogP contribution in [0.5, 0.6) is 0 Å². The van der Waals surface area contributed by atoms with Gasteiger partial charge in [-0.1, -0.05) is 17.7 Å². The second-order valence-electron chi connectivity index (χ2n) is 4.59. The number of anilines is 1. The molecule has 0 unspecified atom stereocenters. The van der Waals surface area contributed by atoms with Crippen molar-refractivity contribution in [1.82, 2.24) is 4.90 Å². The van der Waals surface area contributed by atoms with Crippen molar-refractivity contribution in [1.29, 1.82) is 0 Å². The summed E-state index contributed by atoms with van der Waals surface area (Å²) in [6.45, 7) is 3.70. The van der Waals surface area contributed by atoms with Gasteiger partial charge in [-0.15, -0.1) is 0 Å². The molecule has 0 atom stereocenters. The first-order valence-corrected chi connectivity index (χ1v) is 6.86. The number of amides is 1. The zero-order valence-corrected chi connectivity index (χ0v) is 11.9. The average molecular weight is 283 g/mol. The van der Waals surface area contributed by atoms with E-state index in [1.807, 2.05) is 29.2 Å². The van der Waals surface area contributed by atoms with Crippen LogP contribution in [0, 0.1) is 0 Å². The number of ether oxygens (including phenoxy) is 1. The third kappa shape index (κ3) is 3.85. The van der Waals surface area contributed by atoms with Gasteiger partial charge in [0.05, 0.1) is 13.0 Å². The molecule has 2 rings (SSSR count). The highest BCUT2D eigenvalue weighted by atomic mass is 35.5. The Labute approximate surface area is 118 Å². The van der Waals surface area contributed by atoms with E-state index in [9.17, 15) is 4.79 Å². The van der Waals surface area contributed by atoms with E-state index < -0.39 is 0 Å². The highest BCUT2D eigenvalue weighted by Crippen LogP contribution is 2.20. The number of nitrogens with zero attached hydrogens (tertiary/aromatic N) is 2. The Bertz CT molecular complexity index is 431. The maximum absolute atomic E-state index is 11.9. The molecule has 1 fully saturated rings. The number of methoxy groups -OCH3 is 1. The van der Waals surface area contributed by atoms with Gasteiger partial charge in [-0.25, -0.2) is 0 Å². The summed E-state index contributed by atoms with van der Waals surface area (Å²) >= 11 is 6.00. The quantitative estimate of drug-likeness (QED) is 0.847. The first kappa shape index (κ1) is 14.2. The number of benzene rings is 1. The minimum Gasteiger partial charge on any atom is -0.384 e. The lowest BCUT2D eigenvalue weighted by Gasteiger charge is -2.36. The molecular weight excluding hydrogens is 264 g/mol. The van der Waals surface area contributed by atoms with Crippen molar-refractivity contribution in [2.45, 2.75) is 6.42 Å². The molecule has 0 N–H and O–H groups in total. The fraction of sp³-hybridized carbons (Fsp3) is 0.500. The molecule has 1 amide bonds. The van der Waals surface area contributed by atoms with E-state index in [0.717, 1.165) is 36.9 Å². The van der Waals surface area contributed by atoms with E-state index >= 15 is 0 Å². The van der Waals surface area contributed by atoms with Crippen LogP contribution in [0.2, 0.25) is 5.02 Å². The van der Waals surface area contributed by atoms with Gasteiger partial charge in [-0.05, 0) is 18.2 Å². The van der Waals surface area contributed by atoms with Crippen LogP contribution in [-0.4, -0.2) is 50.7 Å². The predicted octanol–water partition coefficient (Wildman–Crippen LogP) is 2.03. The van der Waals surface area contributed by atoms with E-state index in [0.29, 0.717) is 13.0 Å². The topological polar surface area (TPSA) is 32.8 Å². The summed E-state index contributed by atoms with van der Waals surface area (Å²) in [7, 11) is 1.62. The third-order valence-corrected chi connectivity index (χ3v) is 3.56. The van der Waals surface area contributed by atoms with Crippen molar-refractivity contribution in [3.63, 3.8) is 0 Å². The Kier molecular flexibility index (Phi) is 5.05. The molecule has 1 aliphatic rings. The number of hydrogen-bond donors (Lipinski definition) is 0. The summed E-state index contributed by atoms with van der Waals surface area (Å²) in [5, 5.41) is 0.746. The van der Waals surface area contributed by atoms with Crippen LogP contribution in [0.15, 0.2) is 24.3 Å². The maximum atomic E-state index is 11.9. The van der Waals surface area contributed by atoms with Crippen LogP contribution < -0.4 is 4.90 Å². The Morgan fingerprint density at radius 2 is 2.05 bits per heavy atom. The van der Waals surface area contributed by atoms with Gasteiger partial charge in [0.15, 0.2) is 0 Å². The number of carbonyl (C=O) groups excluding carboxylic acids is 1. The second-order valence-corrected chi connectivity index (χ2v) is 5.03. The Morgan fingerprint density at radius 1 is 1.32 bits per heavy atom. The smallest absolute Gasteiger partial charge is 0.225 e. The fourth-order valence-corrected chi connectivity index (χ4v) is 2.42. The Hall–Kier alpha value is -1.26. The standard InChI is InChI=1S/C14H19ClN2O2/c1-19-10-5-14(18)17-8-6-16(7-9-17)13-4-2-3-12(15)11-13/h2-4,11H,5-10H2,1H3. The van der Waals surface area contributed by atoms with E-state index in [2.05, 4.69) is 4.90 Å². The molecule has 0 spiro atoms. The van der Waals surface area contributed by atoms with Crippen molar-refractivity contribution in [3.8, 4) is 0 Å². The lowest BCUT2D eigenvalue weighted by atomic mass is 10.2. The molecule has 1 heterocycles. The first-order valence-electron chi connectivity index (χ1n) is 6.48. The minimum atomic E-state index is 0.174. The summed E-state index contributed by atoms with van der Waals surface area (Å²) in [5.74, 6) is 0.174. The molecular formula is C14H19ClN2O2. The van der Waals surface area contributed by atoms with Crippen LogP contribution in [-0.2, 0) is 9.53 Å². The molecule has 0 aliphatic carbocycles. The summed E-state index contributed by atoms with van der Waals surface area (Å²) in [4.78, 5) is 16.0. The van der Waals surface area contributed by atoms with Crippen molar-refractivity contribution >= 4 is 23.2 Å². The van der Waals surface area contributed by atoms with Crippen LogP contribution in [0.1, 0.15) is 6.42 Å². The second kappa shape index (κ2) is 6.78. The summed E-state index contributed by atoms with van der Waals surface area (Å²) in [6, 6.07) is 7.83. The van der Waals surface area contributed by atoms with Crippen LogP contribution >= 0.6 is 11.6 Å². The monoisotopic (exact) mass is 282 g/mol. The van der Waals surface area contributed by atoms with Gasteiger partial charge in [-0.3, -0.25) is 4.79 Å². The molecule has 0 radical (unpaired) electrons. The molecule has 19 heavy (non-hydrogen) atoms. The van der Waals surface area contributed by atoms with E-state index in [-0.39, 0.29) is 5.91 Å². The van der Waals surface area contributed by atoms with Crippen LogP contribution in [0.4, 0.5) is 5.69 Å². The van der Waals surface area contributed by atoms with Gasteiger partial charge in [-0.2, -0.15) is 0 Å². The molecule has 1 aromatic carbocycles. The minimum absolute atomic E-state index is 0.174. The Morgan fingerprint density at radius 3 is 2.68 bits per heavy atom. The van der Waals surface area contributed by atoms with Crippen molar-refractivity contribution < 1.29 is 9.53 Å².